The maximum absolute atomic E-state index is 12.5. The Balaban J connectivity index is 2.02. The van der Waals surface area contributed by atoms with Gasteiger partial charge >= 0.3 is 0 Å². The zero-order valence-corrected chi connectivity index (χ0v) is 12.8. The number of nitrogens with two attached hydrogens (primary N) is 2. The molecule has 1 aromatic rings. The summed E-state index contributed by atoms with van der Waals surface area (Å²) in [5, 5.41) is 0. The first-order chi connectivity index (χ1) is 10.3. The Labute approximate surface area is 129 Å². The zero-order valence-electron chi connectivity index (χ0n) is 12.8. The van der Waals surface area contributed by atoms with Gasteiger partial charge in [-0.2, -0.15) is 0 Å². The van der Waals surface area contributed by atoms with Crippen molar-refractivity contribution in [3.05, 3.63) is 23.8 Å². The van der Waals surface area contributed by atoms with Crippen LogP contribution in [0.1, 0.15) is 38.3 Å². The van der Waals surface area contributed by atoms with Crippen molar-refractivity contribution in [3.8, 4) is 5.75 Å². The lowest BCUT2D eigenvalue weighted by Gasteiger charge is -2.38. The van der Waals surface area contributed by atoms with Crippen LogP contribution < -0.4 is 21.1 Å². The number of carbonyl (C=O) groups excluding carboxylic acids is 2. The minimum atomic E-state index is -1.03. The third-order valence-electron chi connectivity index (χ3n) is 4.23. The van der Waals surface area contributed by atoms with Crippen LogP contribution in [0.5, 0.6) is 5.75 Å². The molecule has 0 saturated heterocycles. The monoisotopic (exact) mass is 303 g/mol. The Hall–Kier alpha value is -2.08. The van der Waals surface area contributed by atoms with Crippen molar-refractivity contribution in [2.24, 2.45) is 17.4 Å². The van der Waals surface area contributed by atoms with Crippen LogP contribution in [-0.2, 0) is 9.59 Å². The maximum Gasteiger partial charge on any atom is 0.271 e. The number of hydrogen-bond donors (Lipinski definition) is 2. The molecule has 1 fully saturated rings. The second-order valence-electron chi connectivity index (χ2n) is 6.56. The number of primary amides is 1. The molecule has 4 N–H and O–H groups in total. The number of ether oxygens (including phenoxy) is 1. The first kappa shape index (κ1) is 14.8. The van der Waals surface area contributed by atoms with Crippen LogP contribution >= 0.6 is 0 Å². The lowest BCUT2D eigenvalue weighted by molar-refractivity contribution is -0.133. The van der Waals surface area contributed by atoms with Crippen molar-refractivity contribution >= 4 is 17.5 Å². The van der Waals surface area contributed by atoms with Crippen LogP contribution in [0.3, 0.4) is 0 Å². The highest BCUT2D eigenvalue weighted by Crippen LogP contribution is 2.43. The lowest BCUT2D eigenvalue weighted by atomic mass is 9.99. The molecular weight excluding hydrogens is 282 g/mol. The van der Waals surface area contributed by atoms with Crippen LogP contribution in [0.4, 0.5) is 5.69 Å². The predicted octanol–water partition coefficient (Wildman–Crippen LogP) is 1.09. The van der Waals surface area contributed by atoms with E-state index in [0.717, 1.165) is 18.4 Å². The molecule has 118 valence electrons. The SMILES string of the molecule is CC1(C)Oc2ccc(C(N)C3CC3)cc2N(CC(N)=O)C1=O. The number of benzene rings is 1. The van der Waals surface area contributed by atoms with Crippen molar-refractivity contribution < 1.29 is 14.3 Å². The van der Waals surface area contributed by atoms with Gasteiger partial charge in [-0.1, -0.05) is 6.07 Å². The molecule has 0 bridgehead atoms. The van der Waals surface area contributed by atoms with Gasteiger partial charge in [-0.05, 0) is 50.3 Å². The van der Waals surface area contributed by atoms with E-state index in [1.54, 1.807) is 13.8 Å². The summed E-state index contributed by atoms with van der Waals surface area (Å²) in [6.07, 6.45) is 2.26. The number of nitrogens with zero attached hydrogens (tertiary/aromatic N) is 1. The van der Waals surface area contributed by atoms with Gasteiger partial charge in [0.1, 0.15) is 12.3 Å². The van der Waals surface area contributed by atoms with E-state index in [1.807, 2.05) is 18.2 Å². The standard InChI is InChI=1S/C16H21N3O3/c1-16(2)15(21)19(8-13(17)20)11-7-10(5-6-12(11)22-16)14(18)9-3-4-9/h5-7,9,14H,3-4,8,18H2,1-2H3,(H2,17,20). The molecule has 3 rings (SSSR count). The molecule has 1 aromatic carbocycles. The molecule has 0 spiro atoms. The van der Waals surface area contributed by atoms with Crippen molar-refractivity contribution in [1.29, 1.82) is 0 Å². The number of carbonyl (C=O) groups is 2. The highest BCUT2D eigenvalue weighted by atomic mass is 16.5. The van der Waals surface area contributed by atoms with Gasteiger partial charge in [0.2, 0.25) is 5.91 Å². The van der Waals surface area contributed by atoms with Gasteiger partial charge in [-0.3, -0.25) is 14.5 Å². The van der Waals surface area contributed by atoms with Crippen molar-refractivity contribution in [2.45, 2.75) is 38.3 Å². The van der Waals surface area contributed by atoms with Gasteiger partial charge in [0.05, 0.1) is 5.69 Å². The van der Waals surface area contributed by atoms with Crippen LogP contribution in [-0.4, -0.2) is 24.0 Å². The van der Waals surface area contributed by atoms with Gasteiger partial charge in [0, 0.05) is 6.04 Å². The van der Waals surface area contributed by atoms with E-state index in [4.69, 9.17) is 16.2 Å². The van der Waals surface area contributed by atoms with Crippen molar-refractivity contribution in [1.82, 2.24) is 0 Å². The molecule has 1 unspecified atom stereocenters. The summed E-state index contributed by atoms with van der Waals surface area (Å²) >= 11 is 0. The fourth-order valence-corrected chi connectivity index (χ4v) is 2.83. The van der Waals surface area contributed by atoms with E-state index in [1.165, 1.54) is 4.90 Å². The first-order valence-corrected chi connectivity index (χ1v) is 7.48. The van der Waals surface area contributed by atoms with Gasteiger partial charge in [0.15, 0.2) is 5.60 Å². The number of anilines is 1. The molecular formula is C16H21N3O3. The summed E-state index contributed by atoms with van der Waals surface area (Å²) in [6.45, 7) is 3.19. The average molecular weight is 303 g/mol. The maximum atomic E-state index is 12.5. The average Bonchev–Trinajstić information content (AvgIpc) is 3.26. The summed E-state index contributed by atoms with van der Waals surface area (Å²) < 4.78 is 5.77. The van der Waals surface area contributed by atoms with E-state index in [2.05, 4.69) is 0 Å². The van der Waals surface area contributed by atoms with E-state index < -0.39 is 11.5 Å². The fraction of sp³-hybridized carbons (Fsp3) is 0.500. The van der Waals surface area contributed by atoms with Gasteiger partial charge in [0.25, 0.3) is 5.91 Å². The molecule has 1 aliphatic heterocycles. The zero-order chi connectivity index (χ0) is 16.1. The van der Waals surface area contributed by atoms with Crippen LogP contribution in [0.2, 0.25) is 0 Å². The van der Waals surface area contributed by atoms with Crippen molar-refractivity contribution in [2.75, 3.05) is 11.4 Å². The Kier molecular flexibility index (Phi) is 3.36. The van der Waals surface area contributed by atoms with E-state index >= 15 is 0 Å². The summed E-state index contributed by atoms with van der Waals surface area (Å²) in [4.78, 5) is 25.3. The van der Waals surface area contributed by atoms with Crippen LogP contribution in [0.25, 0.3) is 0 Å². The highest BCUT2D eigenvalue weighted by Gasteiger charge is 2.42. The fourth-order valence-electron chi connectivity index (χ4n) is 2.83. The van der Waals surface area contributed by atoms with E-state index in [0.29, 0.717) is 17.4 Å². The topological polar surface area (TPSA) is 98.7 Å². The van der Waals surface area contributed by atoms with E-state index in [9.17, 15) is 9.59 Å². The largest absolute Gasteiger partial charge is 0.476 e. The van der Waals surface area contributed by atoms with E-state index in [-0.39, 0.29) is 18.5 Å². The van der Waals surface area contributed by atoms with Gasteiger partial charge < -0.3 is 16.2 Å². The molecule has 0 aromatic heterocycles. The number of amides is 2. The molecule has 1 heterocycles. The second-order valence-corrected chi connectivity index (χ2v) is 6.56. The molecule has 6 heteroatoms. The van der Waals surface area contributed by atoms with Crippen molar-refractivity contribution in [3.63, 3.8) is 0 Å². The normalized spacial score (nSPS) is 21.0. The second kappa shape index (κ2) is 4.98. The van der Waals surface area contributed by atoms with Gasteiger partial charge in [-0.15, -0.1) is 0 Å². The Bertz CT molecular complexity index is 638. The number of rotatable bonds is 4. The summed E-state index contributed by atoms with van der Waals surface area (Å²) in [5.74, 6) is 0.224. The molecule has 1 atom stereocenters. The highest BCUT2D eigenvalue weighted by molar-refractivity contribution is 6.05. The summed E-state index contributed by atoms with van der Waals surface area (Å²) in [7, 11) is 0. The van der Waals surface area contributed by atoms with Gasteiger partial charge in [-0.25, -0.2) is 0 Å². The molecule has 1 saturated carbocycles. The third kappa shape index (κ3) is 2.54. The lowest BCUT2D eigenvalue weighted by Crippen LogP contribution is -2.54. The number of hydrogen-bond acceptors (Lipinski definition) is 4. The minimum Gasteiger partial charge on any atom is -0.476 e. The molecule has 22 heavy (non-hydrogen) atoms. The van der Waals surface area contributed by atoms with Crippen LogP contribution in [0.15, 0.2) is 18.2 Å². The summed E-state index contributed by atoms with van der Waals surface area (Å²) in [5.41, 5.74) is 12.0. The summed E-state index contributed by atoms with van der Waals surface area (Å²) in [6, 6.07) is 5.53. The molecule has 0 radical (unpaired) electrons. The Morgan fingerprint density at radius 2 is 2.14 bits per heavy atom. The predicted molar refractivity (Wildman–Crippen MR) is 82.3 cm³/mol. The van der Waals surface area contributed by atoms with Crippen LogP contribution in [0, 0.1) is 5.92 Å². The molecule has 2 amide bonds. The Morgan fingerprint density at radius 1 is 1.45 bits per heavy atom. The molecule has 6 nitrogen and oxygen atoms in total. The smallest absolute Gasteiger partial charge is 0.271 e. The molecule has 2 aliphatic rings. The first-order valence-electron chi connectivity index (χ1n) is 7.48. The Morgan fingerprint density at radius 3 is 2.73 bits per heavy atom. The minimum absolute atomic E-state index is 0.0502. The molecule has 1 aliphatic carbocycles. The quantitative estimate of drug-likeness (QED) is 0.869. The number of fused-ring (bicyclic) bond motifs is 1. The third-order valence-corrected chi connectivity index (χ3v) is 4.23.